The van der Waals surface area contributed by atoms with Gasteiger partial charge in [-0.1, -0.05) is 30.3 Å². The van der Waals surface area contributed by atoms with Crippen LogP contribution in [0.4, 0.5) is 5.82 Å². The third-order valence-electron chi connectivity index (χ3n) is 6.18. The second kappa shape index (κ2) is 10.3. The molecule has 0 aliphatic carbocycles. The predicted molar refractivity (Wildman–Crippen MR) is 132 cm³/mol. The van der Waals surface area contributed by atoms with Crippen LogP contribution < -0.4 is 10.1 Å². The summed E-state index contributed by atoms with van der Waals surface area (Å²) in [6.07, 6.45) is 4.45. The molecule has 1 aliphatic heterocycles. The first-order chi connectivity index (χ1) is 16.9. The Bertz CT molecular complexity index is 1290. The monoisotopic (exact) mass is 469 g/mol. The highest BCUT2D eigenvalue weighted by Gasteiger charge is 2.32. The summed E-state index contributed by atoms with van der Waals surface area (Å²) in [5.41, 5.74) is 3.22. The Morgan fingerprint density at radius 3 is 2.66 bits per heavy atom. The number of rotatable bonds is 5. The van der Waals surface area contributed by atoms with E-state index < -0.39 is 0 Å². The van der Waals surface area contributed by atoms with Crippen LogP contribution in [0.25, 0.3) is 11.1 Å². The van der Waals surface area contributed by atoms with E-state index >= 15 is 0 Å². The molecule has 2 atom stereocenters. The van der Waals surface area contributed by atoms with Gasteiger partial charge in [-0.25, -0.2) is 9.97 Å². The molecule has 1 aromatic carbocycles. The number of pyridine rings is 2. The van der Waals surface area contributed by atoms with Crippen molar-refractivity contribution >= 4 is 17.6 Å². The van der Waals surface area contributed by atoms with Gasteiger partial charge in [0, 0.05) is 36.5 Å². The van der Waals surface area contributed by atoms with Gasteiger partial charge in [0.2, 0.25) is 11.8 Å². The summed E-state index contributed by atoms with van der Waals surface area (Å²) < 4.78 is 6.16. The van der Waals surface area contributed by atoms with Gasteiger partial charge in [-0.15, -0.1) is 0 Å². The largest absolute Gasteiger partial charge is 0.472 e. The van der Waals surface area contributed by atoms with Crippen molar-refractivity contribution in [3.05, 3.63) is 71.5 Å². The number of nitriles is 1. The lowest BCUT2D eigenvalue weighted by atomic mass is 9.97. The third-order valence-corrected chi connectivity index (χ3v) is 6.18. The minimum absolute atomic E-state index is 0.00264. The molecule has 0 saturated carbocycles. The number of aromatic nitrogens is 2. The normalized spacial score (nSPS) is 17.4. The second-order valence-electron chi connectivity index (χ2n) is 8.69. The van der Waals surface area contributed by atoms with Gasteiger partial charge in [-0.2, -0.15) is 5.26 Å². The molecular weight excluding hydrogens is 442 g/mol. The van der Waals surface area contributed by atoms with Crippen molar-refractivity contribution in [2.45, 2.75) is 45.8 Å². The number of amides is 2. The molecule has 4 rings (SSSR count). The van der Waals surface area contributed by atoms with E-state index in [0.29, 0.717) is 40.5 Å². The maximum Gasteiger partial charge on any atom is 0.255 e. The van der Waals surface area contributed by atoms with Crippen LogP contribution in [-0.2, 0) is 4.79 Å². The van der Waals surface area contributed by atoms with Crippen molar-refractivity contribution in [2.75, 3.05) is 11.9 Å². The van der Waals surface area contributed by atoms with Crippen LogP contribution in [0.5, 0.6) is 5.88 Å². The summed E-state index contributed by atoms with van der Waals surface area (Å²) in [5.74, 6) is 0.323. The van der Waals surface area contributed by atoms with Gasteiger partial charge in [0.1, 0.15) is 11.9 Å². The number of hydrogen-bond acceptors (Lipinski definition) is 6. The van der Waals surface area contributed by atoms with Crippen molar-refractivity contribution < 1.29 is 14.3 Å². The summed E-state index contributed by atoms with van der Waals surface area (Å²) >= 11 is 0. The molecule has 35 heavy (non-hydrogen) atoms. The van der Waals surface area contributed by atoms with Crippen molar-refractivity contribution in [3.8, 4) is 23.1 Å². The summed E-state index contributed by atoms with van der Waals surface area (Å²) in [7, 11) is 0. The molecule has 1 fully saturated rings. The zero-order valence-corrected chi connectivity index (χ0v) is 20.0. The van der Waals surface area contributed by atoms with Gasteiger partial charge in [-0.3, -0.25) is 9.59 Å². The number of ether oxygens (including phenoxy) is 1. The van der Waals surface area contributed by atoms with E-state index in [1.54, 1.807) is 29.4 Å². The lowest BCUT2D eigenvalue weighted by Crippen LogP contribution is -2.49. The Kier molecular flexibility index (Phi) is 7.06. The maximum atomic E-state index is 13.9. The van der Waals surface area contributed by atoms with E-state index in [-0.39, 0.29) is 24.0 Å². The molecule has 1 N–H and O–H groups in total. The van der Waals surface area contributed by atoms with Crippen LogP contribution in [0.1, 0.15) is 48.2 Å². The van der Waals surface area contributed by atoms with Gasteiger partial charge in [0.05, 0.1) is 23.7 Å². The quantitative estimate of drug-likeness (QED) is 0.595. The Labute approximate surface area is 204 Å². The summed E-state index contributed by atoms with van der Waals surface area (Å²) in [4.78, 5) is 35.9. The van der Waals surface area contributed by atoms with E-state index in [4.69, 9.17) is 4.74 Å². The van der Waals surface area contributed by atoms with Crippen molar-refractivity contribution in [1.82, 2.24) is 14.9 Å². The SMILES string of the molecule is CC(=O)Nc1cc(C(=O)N2C[C@H](Oc3nccc(C#N)c3C)CC[C@H]2C)c(-c2ccccc2)cn1. The first kappa shape index (κ1) is 23.9. The number of carbonyl (C=O) groups excluding carboxylic acids is 2. The van der Waals surface area contributed by atoms with Crippen molar-refractivity contribution in [3.63, 3.8) is 0 Å². The minimum Gasteiger partial charge on any atom is -0.472 e. The first-order valence-electron chi connectivity index (χ1n) is 11.5. The summed E-state index contributed by atoms with van der Waals surface area (Å²) in [6.45, 7) is 5.61. The van der Waals surface area contributed by atoms with E-state index in [2.05, 4.69) is 21.4 Å². The maximum absolute atomic E-state index is 13.9. The van der Waals surface area contributed by atoms with Gasteiger partial charge in [0.15, 0.2) is 0 Å². The molecule has 2 amide bonds. The fourth-order valence-electron chi connectivity index (χ4n) is 4.25. The third kappa shape index (κ3) is 5.30. The molecule has 1 saturated heterocycles. The number of carbonyl (C=O) groups is 2. The van der Waals surface area contributed by atoms with Gasteiger partial charge >= 0.3 is 0 Å². The standard InChI is InChI=1S/C27H27N5O3/c1-17-9-10-22(35-26-18(2)21(14-28)11-12-29-26)16-32(17)27(34)23-13-25(31-19(3)33)30-15-24(23)20-7-5-4-6-8-20/h4-8,11-13,15,17,22H,9-10,16H2,1-3H3,(H,30,31,33)/t17-,22-/m1/s1. The molecule has 8 heteroatoms. The highest BCUT2D eigenvalue weighted by molar-refractivity contribution is 6.02. The second-order valence-corrected chi connectivity index (χ2v) is 8.69. The topological polar surface area (TPSA) is 108 Å². The Morgan fingerprint density at radius 2 is 1.94 bits per heavy atom. The number of likely N-dealkylation sites (tertiary alicyclic amines) is 1. The number of benzene rings is 1. The van der Waals surface area contributed by atoms with Crippen LogP contribution in [-0.4, -0.2) is 45.4 Å². The van der Waals surface area contributed by atoms with Crippen LogP contribution >= 0.6 is 0 Å². The number of piperidine rings is 1. The fourth-order valence-corrected chi connectivity index (χ4v) is 4.25. The lowest BCUT2D eigenvalue weighted by molar-refractivity contribution is -0.114. The van der Waals surface area contributed by atoms with Gasteiger partial charge in [-0.05, 0) is 44.4 Å². The van der Waals surface area contributed by atoms with E-state index in [1.807, 2.05) is 44.2 Å². The van der Waals surface area contributed by atoms with Crippen molar-refractivity contribution in [1.29, 1.82) is 5.26 Å². The fraction of sp³-hybridized carbons (Fsp3) is 0.296. The molecule has 0 spiro atoms. The summed E-state index contributed by atoms with van der Waals surface area (Å²) in [5, 5.41) is 12.0. The summed E-state index contributed by atoms with van der Waals surface area (Å²) in [6, 6.07) is 15.0. The molecule has 0 radical (unpaired) electrons. The van der Waals surface area contributed by atoms with Crippen molar-refractivity contribution in [2.24, 2.45) is 0 Å². The highest BCUT2D eigenvalue weighted by Crippen LogP contribution is 2.30. The Morgan fingerprint density at radius 1 is 1.17 bits per heavy atom. The van der Waals surface area contributed by atoms with Gasteiger partial charge < -0.3 is 15.0 Å². The number of nitrogens with zero attached hydrogens (tertiary/aromatic N) is 4. The van der Waals surface area contributed by atoms with E-state index in [1.165, 1.54) is 6.92 Å². The predicted octanol–water partition coefficient (Wildman–Crippen LogP) is 4.35. The van der Waals surface area contributed by atoms with Crippen LogP contribution in [0, 0.1) is 18.3 Å². The molecule has 3 heterocycles. The van der Waals surface area contributed by atoms with E-state index in [0.717, 1.165) is 18.4 Å². The zero-order valence-electron chi connectivity index (χ0n) is 20.0. The minimum atomic E-state index is -0.259. The molecule has 178 valence electrons. The molecule has 2 aromatic heterocycles. The molecule has 3 aromatic rings. The van der Waals surface area contributed by atoms with Crippen LogP contribution in [0.15, 0.2) is 54.9 Å². The van der Waals surface area contributed by atoms with Crippen LogP contribution in [0.2, 0.25) is 0 Å². The molecule has 8 nitrogen and oxygen atoms in total. The van der Waals surface area contributed by atoms with Gasteiger partial charge in [0.25, 0.3) is 5.91 Å². The molecular formula is C27H27N5O3. The number of nitrogens with one attached hydrogen (secondary N) is 1. The van der Waals surface area contributed by atoms with Crippen LogP contribution in [0.3, 0.4) is 0 Å². The molecule has 0 unspecified atom stereocenters. The highest BCUT2D eigenvalue weighted by atomic mass is 16.5. The Balaban J connectivity index is 1.64. The number of anilines is 1. The smallest absolute Gasteiger partial charge is 0.255 e. The zero-order chi connectivity index (χ0) is 24.9. The average Bonchev–Trinajstić information content (AvgIpc) is 2.86. The lowest BCUT2D eigenvalue weighted by Gasteiger charge is -2.38. The Hall–Kier alpha value is -4.25. The van der Waals surface area contributed by atoms with E-state index in [9.17, 15) is 14.9 Å². The molecule has 0 bridgehead atoms. The number of hydrogen-bond donors (Lipinski definition) is 1. The first-order valence-corrected chi connectivity index (χ1v) is 11.5. The average molecular weight is 470 g/mol. The molecule has 1 aliphatic rings.